The maximum absolute atomic E-state index is 12.5. The fourth-order valence-corrected chi connectivity index (χ4v) is 3.63. The van der Waals surface area contributed by atoms with E-state index in [0.717, 1.165) is 19.4 Å². The van der Waals surface area contributed by atoms with Crippen LogP contribution in [0.2, 0.25) is 0 Å². The molecule has 1 aliphatic heterocycles. The van der Waals surface area contributed by atoms with E-state index >= 15 is 0 Å². The molecule has 0 aromatic carbocycles. The molecule has 1 N–H and O–H groups in total. The summed E-state index contributed by atoms with van der Waals surface area (Å²) in [7, 11) is 5.63. The lowest BCUT2D eigenvalue weighted by Gasteiger charge is -2.32. The number of hydrogen-bond acceptors (Lipinski definition) is 4. The van der Waals surface area contributed by atoms with Crippen molar-refractivity contribution in [3.63, 3.8) is 0 Å². The normalized spacial score (nSPS) is 22.4. The molecule has 20 heavy (non-hydrogen) atoms. The topological polar surface area (TPSA) is 64.1 Å². The van der Waals surface area contributed by atoms with E-state index in [1.807, 2.05) is 25.9 Å². The Morgan fingerprint density at radius 1 is 1.30 bits per heavy atom. The standard InChI is InChI=1S/C13H25N3O3S/c1-5-6-11-16(10(9-20-11)12(17)18)13(19)15(4)8-7-14(2)3/h10-11H,5-9H2,1-4H3,(H,17,18). The number of carboxylic acid groups (broad SMARTS) is 1. The lowest BCUT2D eigenvalue weighted by atomic mass is 10.2. The Balaban J connectivity index is 2.75. The molecule has 1 rings (SSSR count). The number of amides is 2. The number of hydrogen-bond donors (Lipinski definition) is 1. The van der Waals surface area contributed by atoms with Gasteiger partial charge in [0.2, 0.25) is 0 Å². The van der Waals surface area contributed by atoms with Gasteiger partial charge >= 0.3 is 12.0 Å². The number of urea groups is 1. The Morgan fingerprint density at radius 2 is 1.95 bits per heavy atom. The molecule has 0 aromatic rings. The zero-order chi connectivity index (χ0) is 15.3. The van der Waals surface area contributed by atoms with E-state index in [9.17, 15) is 14.7 Å². The summed E-state index contributed by atoms with van der Waals surface area (Å²) < 4.78 is 0. The van der Waals surface area contributed by atoms with Gasteiger partial charge in [-0.2, -0.15) is 0 Å². The molecule has 0 radical (unpaired) electrons. The molecule has 0 aromatic heterocycles. The highest BCUT2D eigenvalue weighted by Gasteiger charge is 2.42. The SMILES string of the molecule is CCCC1SCC(C(=O)O)N1C(=O)N(C)CCN(C)C. The second-order valence-electron chi connectivity index (χ2n) is 5.35. The van der Waals surface area contributed by atoms with Gasteiger partial charge in [0, 0.05) is 25.9 Å². The maximum Gasteiger partial charge on any atom is 0.327 e. The number of rotatable bonds is 6. The van der Waals surface area contributed by atoms with Gasteiger partial charge in [-0.1, -0.05) is 13.3 Å². The molecule has 2 amide bonds. The van der Waals surface area contributed by atoms with Gasteiger partial charge in [0.15, 0.2) is 0 Å². The molecule has 7 heteroatoms. The van der Waals surface area contributed by atoms with E-state index in [0.29, 0.717) is 12.3 Å². The van der Waals surface area contributed by atoms with Crippen LogP contribution in [0.4, 0.5) is 4.79 Å². The van der Waals surface area contributed by atoms with E-state index in [4.69, 9.17) is 0 Å². The van der Waals surface area contributed by atoms with E-state index in [1.165, 1.54) is 0 Å². The molecule has 0 aliphatic carbocycles. The van der Waals surface area contributed by atoms with Crippen LogP contribution in [0.15, 0.2) is 0 Å². The summed E-state index contributed by atoms with van der Waals surface area (Å²) in [5, 5.41) is 9.27. The molecule has 6 nitrogen and oxygen atoms in total. The van der Waals surface area contributed by atoms with Crippen LogP contribution in [-0.2, 0) is 4.79 Å². The van der Waals surface area contributed by atoms with Gasteiger partial charge in [-0.05, 0) is 20.5 Å². The first-order valence-corrected chi connectivity index (χ1v) is 7.95. The number of nitrogens with zero attached hydrogens (tertiary/aromatic N) is 3. The fraction of sp³-hybridized carbons (Fsp3) is 0.846. The number of likely N-dealkylation sites (N-methyl/N-ethyl adjacent to an activating group) is 2. The lowest BCUT2D eigenvalue weighted by molar-refractivity contribution is -0.141. The molecule has 2 atom stereocenters. The minimum atomic E-state index is -0.912. The molecule has 116 valence electrons. The van der Waals surface area contributed by atoms with Crippen molar-refractivity contribution in [2.24, 2.45) is 0 Å². The van der Waals surface area contributed by atoms with Crippen molar-refractivity contribution in [3.05, 3.63) is 0 Å². The number of thioether (sulfide) groups is 1. The van der Waals surface area contributed by atoms with E-state index in [1.54, 1.807) is 28.6 Å². The van der Waals surface area contributed by atoms with Crippen molar-refractivity contribution in [2.75, 3.05) is 40.0 Å². The van der Waals surface area contributed by atoms with Crippen LogP contribution in [0.3, 0.4) is 0 Å². The van der Waals surface area contributed by atoms with E-state index in [-0.39, 0.29) is 11.4 Å². The van der Waals surface area contributed by atoms with Crippen molar-refractivity contribution in [2.45, 2.75) is 31.2 Å². The predicted molar refractivity (Wildman–Crippen MR) is 81.0 cm³/mol. The second-order valence-corrected chi connectivity index (χ2v) is 6.56. The minimum absolute atomic E-state index is 0.0181. The van der Waals surface area contributed by atoms with Crippen LogP contribution in [0.25, 0.3) is 0 Å². The van der Waals surface area contributed by atoms with Crippen molar-refractivity contribution in [3.8, 4) is 0 Å². The molecule has 1 fully saturated rings. The molecular weight excluding hydrogens is 278 g/mol. The van der Waals surface area contributed by atoms with Crippen molar-refractivity contribution >= 4 is 23.8 Å². The molecule has 1 heterocycles. The van der Waals surface area contributed by atoms with Gasteiger partial charge in [-0.3, -0.25) is 4.90 Å². The smallest absolute Gasteiger partial charge is 0.327 e. The Morgan fingerprint density at radius 3 is 2.45 bits per heavy atom. The van der Waals surface area contributed by atoms with E-state index < -0.39 is 12.0 Å². The molecule has 0 saturated carbocycles. The zero-order valence-electron chi connectivity index (χ0n) is 12.7. The van der Waals surface area contributed by atoms with E-state index in [2.05, 4.69) is 0 Å². The second kappa shape index (κ2) is 7.73. The van der Waals surface area contributed by atoms with Crippen molar-refractivity contribution in [1.82, 2.24) is 14.7 Å². The molecule has 2 unspecified atom stereocenters. The Kier molecular flexibility index (Phi) is 6.61. The minimum Gasteiger partial charge on any atom is -0.480 e. The van der Waals surface area contributed by atoms with Crippen LogP contribution >= 0.6 is 11.8 Å². The van der Waals surface area contributed by atoms with Crippen LogP contribution in [-0.4, -0.2) is 83.2 Å². The first-order chi connectivity index (χ1) is 9.38. The predicted octanol–water partition coefficient (Wildman–Crippen LogP) is 1.23. The number of carboxylic acids is 1. The van der Waals surface area contributed by atoms with Gasteiger partial charge in [-0.25, -0.2) is 9.59 Å². The third kappa shape index (κ3) is 4.28. The van der Waals surface area contributed by atoms with Crippen molar-refractivity contribution < 1.29 is 14.7 Å². The summed E-state index contributed by atoms with van der Waals surface area (Å²) in [6, 6.07) is -0.881. The maximum atomic E-state index is 12.5. The molecular formula is C13H25N3O3S. The summed E-state index contributed by atoms with van der Waals surface area (Å²) in [6.07, 6.45) is 1.77. The third-order valence-electron chi connectivity index (χ3n) is 3.34. The van der Waals surface area contributed by atoms with Gasteiger partial charge in [0.1, 0.15) is 6.04 Å². The van der Waals surface area contributed by atoms with Crippen molar-refractivity contribution in [1.29, 1.82) is 0 Å². The zero-order valence-corrected chi connectivity index (χ0v) is 13.5. The average molecular weight is 303 g/mol. The number of carbonyl (C=O) groups excluding carboxylic acids is 1. The average Bonchev–Trinajstić information content (AvgIpc) is 2.79. The van der Waals surface area contributed by atoms with Gasteiger partial charge in [0.25, 0.3) is 0 Å². The highest BCUT2D eigenvalue weighted by Crippen LogP contribution is 2.33. The summed E-state index contributed by atoms with van der Waals surface area (Å²) >= 11 is 1.57. The van der Waals surface area contributed by atoms with Gasteiger partial charge in [0.05, 0.1) is 5.37 Å². The third-order valence-corrected chi connectivity index (χ3v) is 4.70. The first-order valence-electron chi connectivity index (χ1n) is 6.91. The highest BCUT2D eigenvalue weighted by molar-refractivity contribution is 8.00. The summed E-state index contributed by atoms with van der Waals surface area (Å²) in [5.41, 5.74) is 0. The highest BCUT2D eigenvalue weighted by atomic mass is 32.2. The molecule has 0 bridgehead atoms. The summed E-state index contributed by atoms with van der Waals surface area (Å²) in [4.78, 5) is 29.0. The summed E-state index contributed by atoms with van der Waals surface area (Å²) in [5.74, 6) is -0.432. The number of carbonyl (C=O) groups is 2. The molecule has 1 aliphatic rings. The van der Waals surface area contributed by atoms with Crippen LogP contribution in [0, 0.1) is 0 Å². The quantitative estimate of drug-likeness (QED) is 0.799. The fourth-order valence-electron chi connectivity index (χ4n) is 2.12. The molecule has 1 saturated heterocycles. The summed E-state index contributed by atoms with van der Waals surface area (Å²) in [6.45, 7) is 3.41. The largest absolute Gasteiger partial charge is 0.480 e. The number of aliphatic carboxylic acids is 1. The van der Waals surface area contributed by atoms with Crippen LogP contribution in [0.1, 0.15) is 19.8 Å². The lowest BCUT2D eigenvalue weighted by Crippen LogP contribution is -2.51. The monoisotopic (exact) mass is 303 g/mol. The van der Waals surface area contributed by atoms with Crippen LogP contribution in [0.5, 0.6) is 0 Å². The Bertz CT molecular complexity index is 352. The van der Waals surface area contributed by atoms with Gasteiger partial charge < -0.3 is 14.9 Å². The molecule has 0 spiro atoms. The Labute approximate surface area is 125 Å². The van der Waals surface area contributed by atoms with Gasteiger partial charge in [-0.15, -0.1) is 11.8 Å². The first kappa shape index (κ1) is 17.1. The Hall–Kier alpha value is -0.950. The van der Waals surface area contributed by atoms with Crippen LogP contribution < -0.4 is 0 Å².